The highest BCUT2D eigenvalue weighted by Gasteiger charge is 2.19. The minimum atomic E-state index is -1.14. The van der Waals surface area contributed by atoms with Crippen molar-refractivity contribution in [2.45, 2.75) is 0 Å². The molecule has 8 aromatic carbocycles. The summed E-state index contributed by atoms with van der Waals surface area (Å²) in [6, 6.07) is 49.7. The molecule has 0 aliphatic heterocycles. The molecule has 0 saturated heterocycles. The van der Waals surface area contributed by atoms with Crippen molar-refractivity contribution in [1.82, 2.24) is 30.4 Å². The lowest BCUT2D eigenvalue weighted by atomic mass is 10.0. The molecule has 0 bridgehead atoms. The molecule has 0 amide bonds. The molecule has 4 aromatic heterocycles. The molecule has 0 saturated carbocycles. The van der Waals surface area contributed by atoms with Gasteiger partial charge >= 0.3 is 23.9 Å². The van der Waals surface area contributed by atoms with Crippen molar-refractivity contribution in [2.75, 3.05) is 21.3 Å². The minimum absolute atomic E-state index is 0.00669. The van der Waals surface area contributed by atoms with Crippen molar-refractivity contribution in [3.8, 4) is 50.3 Å². The number of carboxylic acids is 4. The number of carboxylic acid groups (broad SMARTS) is 4. The third kappa shape index (κ3) is 16.1. The monoisotopic (exact) mass is 1230 g/mol. The van der Waals surface area contributed by atoms with Crippen molar-refractivity contribution >= 4 is 69.4 Å². The largest absolute Gasteiger partial charge is 0.506 e. The van der Waals surface area contributed by atoms with Crippen molar-refractivity contribution in [2.24, 2.45) is 0 Å². The molecular formula is C68H50F4N10O9. The van der Waals surface area contributed by atoms with Crippen LogP contribution in [0.25, 0.3) is 44.5 Å². The quantitative estimate of drug-likeness (QED) is 0.0316. The fourth-order valence-corrected chi connectivity index (χ4v) is 8.99. The average Bonchev–Trinajstić information content (AvgIpc) is 1.81. The summed E-state index contributed by atoms with van der Waals surface area (Å²) < 4.78 is 57.1. The number of phenols is 1. The number of rotatable bonds is 16. The number of halogens is 4. The van der Waals surface area contributed by atoms with Crippen LogP contribution in [0.4, 0.5) is 63.1 Å². The normalized spacial score (nSPS) is 10.4. The van der Waals surface area contributed by atoms with Crippen LogP contribution in [-0.2, 0) is 0 Å². The summed E-state index contributed by atoms with van der Waals surface area (Å²) in [6.45, 7) is 0. The summed E-state index contributed by atoms with van der Waals surface area (Å²) in [6.07, 6.45) is 12.5. The predicted octanol–water partition coefficient (Wildman–Crippen LogP) is 15.7. The number of nitrogens with one attached hydrogen (secondary N) is 6. The number of aromatic carboxylic acids is 4. The van der Waals surface area contributed by atoms with Gasteiger partial charge in [0, 0.05) is 65.4 Å². The van der Waals surface area contributed by atoms with Gasteiger partial charge in [0.2, 0.25) is 0 Å². The molecule has 0 unspecified atom stereocenters. The smallest absolute Gasteiger partial charge is 0.337 e. The first-order valence-electron chi connectivity index (χ1n) is 27.1. The van der Waals surface area contributed by atoms with Crippen LogP contribution in [0.5, 0.6) is 5.75 Å². The summed E-state index contributed by atoms with van der Waals surface area (Å²) in [5.41, 5.74) is 7.54. The molecule has 19 nitrogen and oxygen atoms in total. The third-order valence-corrected chi connectivity index (χ3v) is 13.3. The lowest BCUT2D eigenvalue weighted by molar-refractivity contribution is 0.0687. The third-order valence-electron chi connectivity index (χ3n) is 13.3. The molecule has 0 aliphatic carbocycles. The van der Waals surface area contributed by atoms with Gasteiger partial charge < -0.3 is 46.8 Å². The summed E-state index contributed by atoms with van der Waals surface area (Å²) in [4.78, 5) is 52.5. The molecule has 454 valence electrons. The summed E-state index contributed by atoms with van der Waals surface area (Å²) in [7, 11) is 0. The number of pyridine rings is 2. The van der Waals surface area contributed by atoms with E-state index < -0.39 is 47.1 Å². The fourth-order valence-electron chi connectivity index (χ4n) is 8.99. The number of nitrogens with zero attached hydrogens (tertiary/aromatic N) is 4. The van der Waals surface area contributed by atoms with Gasteiger partial charge in [-0.3, -0.25) is 20.2 Å². The zero-order valence-electron chi connectivity index (χ0n) is 47.2. The Balaban J connectivity index is 0.000000144. The Labute approximate surface area is 514 Å². The highest BCUT2D eigenvalue weighted by molar-refractivity contribution is 5.97. The van der Waals surface area contributed by atoms with Crippen LogP contribution in [0.3, 0.4) is 0 Å². The Kier molecular flexibility index (Phi) is 20.3. The van der Waals surface area contributed by atoms with E-state index in [4.69, 9.17) is 15.3 Å². The van der Waals surface area contributed by atoms with E-state index in [2.05, 4.69) is 51.6 Å². The SMILES string of the molecule is O=C(O)c1ccccc1Nc1cc(F)c(-c2ccncc2)c(F)c1.O=C(O)c1ccccc1Nc1cc(F)c(-c2cn[nH]c2)c(F)c1.O=C(O)c1ccccc1Nc1ccc(-c2ccncc2)cc1O.O=C(O)c1ccccc1Nc1ccc(-c2cn[nH]c2)cc1. The predicted molar refractivity (Wildman–Crippen MR) is 336 cm³/mol. The van der Waals surface area contributed by atoms with Crippen molar-refractivity contribution in [1.29, 1.82) is 0 Å². The molecule has 0 fully saturated rings. The van der Waals surface area contributed by atoms with E-state index in [0.717, 1.165) is 52.2 Å². The zero-order chi connectivity index (χ0) is 64.4. The number of anilines is 8. The number of aromatic amines is 2. The second kappa shape index (κ2) is 29.5. The second-order valence-electron chi connectivity index (χ2n) is 19.3. The van der Waals surface area contributed by atoms with Gasteiger partial charge in [-0.25, -0.2) is 36.7 Å². The number of carbonyl (C=O) groups is 4. The van der Waals surface area contributed by atoms with Crippen molar-refractivity contribution < 1.29 is 62.3 Å². The van der Waals surface area contributed by atoms with Crippen LogP contribution >= 0.6 is 0 Å². The number of phenolic OH excluding ortho intramolecular Hbond substituents is 1. The Hall–Kier alpha value is -12.9. The standard InChI is InChI=1S/C18H12F2N2O2.C18H14N2O3.C16H11F2N3O2.C16H13N3O2/c19-14-9-12(22-16-4-2-1-3-13(16)18(23)24)10-15(20)17(14)11-5-7-21-8-6-11;21-17-11-13(12-7-9-19-10-8-12)5-6-16(17)20-15-4-2-1-3-14(15)18(22)23;17-12-5-10(6-13(18)15(12)9-7-19-20-8-9)21-14-4-2-1-3-11(14)16(22)23;20-16(21)14-3-1-2-4-15(14)19-13-7-5-11(6-8-13)12-9-17-18-10-12/h1-10,22H,(H,23,24);1-11,20-21H,(H,22,23);1-8,21H,(H,19,20)(H,22,23);1-10,19H,(H,17,18)(H,20,21). The van der Waals surface area contributed by atoms with Gasteiger partial charge in [0.1, 0.15) is 29.0 Å². The topological polar surface area (TPSA) is 301 Å². The molecule has 0 aliphatic rings. The molecule has 0 atom stereocenters. The van der Waals surface area contributed by atoms with E-state index in [1.807, 2.05) is 48.7 Å². The summed E-state index contributed by atoms with van der Waals surface area (Å²) in [5.74, 6) is -7.26. The highest BCUT2D eigenvalue weighted by atomic mass is 19.1. The van der Waals surface area contributed by atoms with E-state index >= 15 is 0 Å². The maximum atomic E-state index is 14.3. The molecule has 91 heavy (non-hydrogen) atoms. The molecule has 4 heterocycles. The lowest BCUT2D eigenvalue weighted by Gasteiger charge is -2.12. The number of aromatic nitrogens is 6. The van der Waals surface area contributed by atoms with Gasteiger partial charge in [0.05, 0.1) is 74.2 Å². The van der Waals surface area contributed by atoms with Gasteiger partial charge in [-0.2, -0.15) is 10.2 Å². The maximum absolute atomic E-state index is 14.3. The van der Waals surface area contributed by atoms with Gasteiger partial charge in [-0.05, 0) is 144 Å². The highest BCUT2D eigenvalue weighted by Crippen LogP contribution is 2.35. The minimum Gasteiger partial charge on any atom is -0.506 e. The molecule has 12 aromatic rings. The van der Waals surface area contributed by atoms with Crippen LogP contribution in [0.1, 0.15) is 41.4 Å². The van der Waals surface area contributed by atoms with Gasteiger partial charge in [0.25, 0.3) is 0 Å². The van der Waals surface area contributed by atoms with E-state index in [1.54, 1.807) is 97.5 Å². The van der Waals surface area contributed by atoms with Gasteiger partial charge in [0.15, 0.2) is 0 Å². The first-order chi connectivity index (χ1) is 44.0. The average molecular weight is 1230 g/mol. The number of hydrogen-bond acceptors (Lipinski definition) is 13. The fraction of sp³-hybridized carbons (Fsp3) is 0. The number of hydrogen-bond donors (Lipinski definition) is 11. The molecule has 0 spiro atoms. The van der Waals surface area contributed by atoms with E-state index in [0.29, 0.717) is 22.6 Å². The molecule has 12 rings (SSSR count). The van der Waals surface area contributed by atoms with E-state index in [1.165, 1.54) is 67.3 Å². The van der Waals surface area contributed by atoms with E-state index in [9.17, 15) is 47.0 Å². The molecular weight excluding hydrogens is 1180 g/mol. The molecule has 23 heteroatoms. The number of aromatic hydroxyl groups is 1. The Bertz CT molecular complexity index is 4460. The Morgan fingerprint density at radius 3 is 1.07 bits per heavy atom. The first-order valence-corrected chi connectivity index (χ1v) is 27.1. The number of H-pyrrole nitrogens is 2. The zero-order valence-corrected chi connectivity index (χ0v) is 47.2. The summed E-state index contributed by atoms with van der Waals surface area (Å²) >= 11 is 0. The Morgan fingerprint density at radius 2 is 0.681 bits per heavy atom. The molecule has 11 N–H and O–H groups in total. The lowest BCUT2D eigenvalue weighted by Crippen LogP contribution is -2.03. The van der Waals surface area contributed by atoms with Crippen molar-refractivity contribution in [3.63, 3.8) is 0 Å². The van der Waals surface area contributed by atoms with Crippen LogP contribution in [-0.4, -0.2) is 79.8 Å². The van der Waals surface area contributed by atoms with Gasteiger partial charge in [-0.1, -0.05) is 66.7 Å². The summed E-state index contributed by atoms with van der Waals surface area (Å²) in [5, 5.41) is 71.2. The van der Waals surface area contributed by atoms with Crippen LogP contribution < -0.4 is 21.3 Å². The van der Waals surface area contributed by atoms with Gasteiger partial charge in [-0.15, -0.1) is 0 Å². The number of benzene rings is 8. The maximum Gasteiger partial charge on any atom is 0.337 e. The van der Waals surface area contributed by atoms with Crippen LogP contribution in [0.15, 0.2) is 238 Å². The van der Waals surface area contributed by atoms with Crippen LogP contribution in [0, 0.1) is 23.3 Å². The van der Waals surface area contributed by atoms with E-state index in [-0.39, 0.29) is 67.4 Å². The molecule has 0 radical (unpaired) electrons. The van der Waals surface area contributed by atoms with Crippen LogP contribution in [0.2, 0.25) is 0 Å². The first kappa shape index (κ1) is 62.6. The van der Waals surface area contributed by atoms with Crippen molar-refractivity contribution in [3.05, 3.63) is 283 Å². The second-order valence-corrected chi connectivity index (χ2v) is 19.3. The Morgan fingerprint density at radius 1 is 0.341 bits per heavy atom. The number of para-hydroxylation sites is 4.